The van der Waals surface area contributed by atoms with Crippen LogP contribution in [0, 0.1) is 13.8 Å². The van der Waals surface area contributed by atoms with E-state index in [0.717, 1.165) is 45.4 Å². The molecule has 2 aliphatic rings. The number of aromatic nitrogens is 1. The van der Waals surface area contributed by atoms with Crippen molar-refractivity contribution in [2.75, 3.05) is 26.2 Å². The highest BCUT2D eigenvalue weighted by Crippen LogP contribution is 2.23. The lowest BCUT2D eigenvalue weighted by molar-refractivity contribution is 0.0625. The Morgan fingerprint density at radius 2 is 1.95 bits per heavy atom. The highest BCUT2D eigenvalue weighted by Gasteiger charge is 2.32. The summed E-state index contributed by atoms with van der Waals surface area (Å²) in [5, 5.41) is 13.5. The predicted octanol–water partition coefficient (Wildman–Crippen LogP) is 0.963. The number of amides is 1. The summed E-state index contributed by atoms with van der Waals surface area (Å²) in [5.41, 5.74) is 1.28. The number of piperidine rings is 1. The lowest BCUT2D eigenvalue weighted by atomic mass is 10.0. The molecule has 1 N–H and O–H groups in total. The van der Waals surface area contributed by atoms with Crippen LogP contribution < -0.4 is 0 Å². The molecule has 3 heterocycles. The van der Waals surface area contributed by atoms with Gasteiger partial charge in [-0.2, -0.15) is 0 Å². The molecule has 0 radical (unpaired) electrons. The number of aryl methyl sites for hydroxylation is 2. The highest BCUT2D eigenvalue weighted by atomic mass is 16.5. The van der Waals surface area contributed by atoms with Crippen LogP contribution in [0.2, 0.25) is 0 Å². The van der Waals surface area contributed by atoms with Crippen molar-refractivity contribution in [3.05, 3.63) is 17.0 Å². The van der Waals surface area contributed by atoms with Gasteiger partial charge in [0.15, 0.2) is 0 Å². The molecule has 6 nitrogen and oxygen atoms in total. The maximum absolute atomic E-state index is 12.6. The van der Waals surface area contributed by atoms with E-state index in [1.165, 1.54) is 0 Å². The Bertz CT molecular complexity index is 501. The molecule has 2 saturated heterocycles. The van der Waals surface area contributed by atoms with E-state index >= 15 is 0 Å². The van der Waals surface area contributed by atoms with E-state index in [-0.39, 0.29) is 12.0 Å². The van der Waals surface area contributed by atoms with Gasteiger partial charge in [0.05, 0.1) is 11.8 Å². The van der Waals surface area contributed by atoms with E-state index in [1.807, 2.05) is 11.8 Å². The lowest BCUT2D eigenvalue weighted by Crippen LogP contribution is -2.46. The minimum absolute atomic E-state index is 0.0335. The normalized spacial score (nSPS) is 24.7. The van der Waals surface area contributed by atoms with Gasteiger partial charge < -0.3 is 14.5 Å². The number of nitrogens with zero attached hydrogens (tertiary/aromatic N) is 3. The van der Waals surface area contributed by atoms with Crippen molar-refractivity contribution >= 4 is 5.91 Å². The monoisotopic (exact) mass is 293 g/mol. The summed E-state index contributed by atoms with van der Waals surface area (Å²) in [4.78, 5) is 16.8. The number of carbonyl (C=O) groups is 1. The number of rotatable bonds is 2. The quantitative estimate of drug-likeness (QED) is 0.879. The van der Waals surface area contributed by atoms with Gasteiger partial charge in [-0.15, -0.1) is 0 Å². The summed E-state index contributed by atoms with van der Waals surface area (Å²) in [6.45, 7) is 6.88. The largest absolute Gasteiger partial charge is 0.392 e. The van der Waals surface area contributed by atoms with Crippen LogP contribution in [0.25, 0.3) is 0 Å². The van der Waals surface area contributed by atoms with E-state index in [0.29, 0.717) is 23.1 Å². The second-order valence-corrected chi connectivity index (χ2v) is 6.16. The van der Waals surface area contributed by atoms with Crippen LogP contribution in [0.15, 0.2) is 4.52 Å². The fourth-order valence-corrected chi connectivity index (χ4v) is 3.48. The topological polar surface area (TPSA) is 69.8 Å². The molecule has 1 aromatic rings. The molecule has 116 valence electrons. The predicted molar refractivity (Wildman–Crippen MR) is 77.1 cm³/mol. The second-order valence-electron chi connectivity index (χ2n) is 6.16. The molecule has 1 atom stereocenters. The number of aliphatic hydroxyl groups excluding tert-OH is 1. The van der Waals surface area contributed by atoms with E-state index in [4.69, 9.17) is 4.52 Å². The molecule has 1 amide bonds. The van der Waals surface area contributed by atoms with Gasteiger partial charge in [-0.3, -0.25) is 9.69 Å². The number of carbonyl (C=O) groups excluding carboxylic acids is 1. The van der Waals surface area contributed by atoms with Gasteiger partial charge in [0.25, 0.3) is 5.91 Å². The molecule has 1 aromatic heterocycles. The van der Waals surface area contributed by atoms with Gasteiger partial charge in [0.1, 0.15) is 11.3 Å². The summed E-state index contributed by atoms with van der Waals surface area (Å²) in [5.74, 6) is 0.633. The van der Waals surface area contributed by atoms with E-state index in [2.05, 4.69) is 10.1 Å². The zero-order chi connectivity index (χ0) is 15.0. The van der Waals surface area contributed by atoms with Gasteiger partial charge in [-0.25, -0.2) is 0 Å². The van der Waals surface area contributed by atoms with Crippen LogP contribution in [0.5, 0.6) is 0 Å². The molecule has 6 heteroatoms. The summed E-state index contributed by atoms with van der Waals surface area (Å²) < 4.78 is 5.09. The van der Waals surface area contributed by atoms with E-state index in [1.54, 1.807) is 6.92 Å². The third kappa shape index (κ3) is 2.82. The number of likely N-dealkylation sites (tertiary alicyclic amines) is 2. The number of hydrogen-bond acceptors (Lipinski definition) is 5. The van der Waals surface area contributed by atoms with Gasteiger partial charge in [-0.1, -0.05) is 5.16 Å². The maximum Gasteiger partial charge on any atom is 0.259 e. The minimum atomic E-state index is -0.174. The van der Waals surface area contributed by atoms with E-state index < -0.39 is 0 Å². The van der Waals surface area contributed by atoms with Crippen molar-refractivity contribution < 1.29 is 14.4 Å². The summed E-state index contributed by atoms with van der Waals surface area (Å²) in [6.07, 6.45) is 2.65. The zero-order valence-corrected chi connectivity index (χ0v) is 12.7. The van der Waals surface area contributed by atoms with Crippen molar-refractivity contribution in [2.45, 2.75) is 45.3 Å². The summed E-state index contributed by atoms with van der Waals surface area (Å²) >= 11 is 0. The number of hydrogen-bond donors (Lipinski definition) is 1. The average molecular weight is 293 g/mol. The first-order valence-electron chi connectivity index (χ1n) is 7.70. The summed E-state index contributed by atoms with van der Waals surface area (Å²) in [6, 6.07) is 0.496. The maximum atomic E-state index is 12.6. The molecule has 0 spiro atoms. The standard InChI is InChI=1S/C15H23N3O3/c1-10-14(11(2)21-16-10)15(20)17-6-3-12(4-7-17)18-8-5-13(19)9-18/h12-13,19H,3-9H2,1-2H3. The highest BCUT2D eigenvalue weighted by molar-refractivity contribution is 5.96. The molecular weight excluding hydrogens is 270 g/mol. The molecule has 2 aliphatic heterocycles. The molecule has 0 saturated carbocycles. The third-order valence-electron chi connectivity index (χ3n) is 4.71. The first-order valence-corrected chi connectivity index (χ1v) is 7.70. The third-order valence-corrected chi connectivity index (χ3v) is 4.71. The molecule has 0 bridgehead atoms. The molecule has 0 aromatic carbocycles. The van der Waals surface area contributed by atoms with Crippen molar-refractivity contribution in [3.63, 3.8) is 0 Å². The molecular formula is C15H23N3O3. The molecule has 1 unspecified atom stereocenters. The van der Waals surface area contributed by atoms with Crippen LogP contribution in [0.1, 0.15) is 41.1 Å². The smallest absolute Gasteiger partial charge is 0.259 e. The molecule has 0 aliphatic carbocycles. The SMILES string of the molecule is Cc1noc(C)c1C(=O)N1CCC(N2CCC(O)C2)CC1. The Morgan fingerprint density at radius 1 is 1.24 bits per heavy atom. The van der Waals surface area contributed by atoms with Gasteiger partial charge >= 0.3 is 0 Å². The fourth-order valence-electron chi connectivity index (χ4n) is 3.48. The number of β-amino-alcohol motifs (C(OH)–C–C–N with tert-alkyl or cyclic N) is 1. The van der Waals surface area contributed by atoms with Crippen molar-refractivity contribution in [3.8, 4) is 0 Å². The molecule has 3 rings (SSSR count). The van der Waals surface area contributed by atoms with Gasteiger partial charge in [0, 0.05) is 32.2 Å². The Kier molecular flexibility index (Phi) is 3.99. The zero-order valence-electron chi connectivity index (χ0n) is 12.7. The Morgan fingerprint density at radius 3 is 2.48 bits per heavy atom. The van der Waals surface area contributed by atoms with Crippen LogP contribution >= 0.6 is 0 Å². The molecule has 2 fully saturated rings. The molecule has 21 heavy (non-hydrogen) atoms. The van der Waals surface area contributed by atoms with Crippen molar-refractivity contribution in [1.82, 2.24) is 15.0 Å². The summed E-state index contributed by atoms with van der Waals surface area (Å²) in [7, 11) is 0. The van der Waals surface area contributed by atoms with Gasteiger partial charge in [0.2, 0.25) is 0 Å². The van der Waals surface area contributed by atoms with Crippen LogP contribution in [-0.4, -0.2) is 64.3 Å². The van der Waals surface area contributed by atoms with Gasteiger partial charge in [-0.05, 0) is 33.1 Å². The second kappa shape index (κ2) is 5.77. The van der Waals surface area contributed by atoms with Crippen LogP contribution in [0.3, 0.4) is 0 Å². The number of aliphatic hydroxyl groups is 1. The Balaban J connectivity index is 1.60. The lowest BCUT2D eigenvalue weighted by Gasteiger charge is -2.36. The fraction of sp³-hybridized carbons (Fsp3) is 0.733. The van der Waals surface area contributed by atoms with Crippen molar-refractivity contribution in [2.24, 2.45) is 0 Å². The van der Waals surface area contributed by atoms with E-state index in [9.17, 15) is 9.90 Å². The Labute approximate surface area is 124 Å². The average Bonchev–Trinajstić information content (AvgIpc) is 3.05. The van der Waals surface area contributed by atoms with Crippen LogP contribution in [-0.2, 0) is 0 Å². The van der Waals surface area contributed by atoms with Crippen molar-refractivity contribution in [1.29, 1.82) is 0 Å². The first-order chi connectivity index (χ1) is 10.1. The van der Waals surface area contributed by atoms with Crippen LogP contribution in [0.4, 0.5) is 0 Å². The Hall–Kier alpha value is -1.40. The minimum Gasteiger partial charge on any atom is -0.392 e. The first kappa shape index (κ1) is 14.5.